The lowest BCUT2D eigenvalue weighted by Crippen LogP contribution is -2.12. The van der Waals surface area contributed by atoms with E-state index < -0.39 is 0 Å². The van der Waals surface area contributed by atoms with Gasteiger partial charge in [0.2, 0.25) is 0 Å². The molecule has 2 aromatic rings. The van der Waals surface area contributed by atoms with E-state index in [1.807, 2.05) is 19.1 Å². The van der Waals surface area contributed by atoms with Crippen LogP contribution in [-0.4, -0.2) is 5.91 Å². The van der Waals surface area contributed by atoms with Gasteiger partial charge in [0.25, 0.3) is 5.91 Å². The quantitative estimate of drug-likeness (QED) is 0.817. The number of amides is 1. The van der Waals surface area contributed by atoms with Crippen LogP contribution < -0.4 is 11.1 Å². The van der Waals surface area contributed by atoms with Crippen molar-refractivity contribution in [2.45, 2.75) is 6.92 Å². The third-order valence-corrected chi connectivity index (χ3v) is 3.62. The molecular formula is C12H11ClN2OS. The molecule has 0 saturated heterocycles. The fraction of sp³-hybridized carbons (Fsp3) is 0.0833. The zero-order chi connectivity index (χ0) is 12.4. The number of hydrogen-bond donors (Lipinski definition) is 2. The second-order valence-corrected chi connectivity index (χ2v) is 4.97. The summed E-state index contributed by atoms with van der Waals surface area (Å²) in [6.45, 7) is 1.94. The fourth-order valence-electron chi connectivity index (χ4n) is 1.43. The Kier molecular flexibility index (Phi) is 3.36. The van der Waals surface area contributed by atoms with E-state index in [-0.39, 0.29) is 5.91 Å². The molecule has 0 bridgehead atoms. The van der Waals surface area contributed by atoms with Crippen molar-refractivity contribution in [3.05, 3.63) is 45.1 Å². The van der Waals surface area contributed by atoms with Crippen LogP contribution in [0.25, 0.3) is 0 Å². The number of anilines is 2. The van der Waals surface area contributed by atoms with Gasteiger partial charge in [-0.05, 0) is 36.1 Å². The minimum Gasteiger partial charge on any atom is -0.397 e. The van der Waals surface area contributed by atoms with Gasteiger partial charge in [0.1, 0.15) is 4.88 Å². The number of thiophene rings is 1. The van der Waals surface area contributed by atoms with Crippen molar-refractivity contribution in [3.63, 3.8) is 0 Å². The van der Waals surface area contributed by atoms with Crippen molar-refractivity contribution in [2.75, 3.05) is 11.1 Å². The average Bonchev–Trinajstić information content (AvgIpc) is 2.68. The predicted octanol–water partition coefficient (Wildman–Crippen LogP) is 3.54. The van der Waals surface area contributed by atoms with Crippen LogP contribution in [0.2, 0.25) is 5.02 Å². The number of hydrogen-bond acceptors (Lipinski definition) is 3. The van der Waals surface area contributed by atoms with Crippen LogP contribution in [0.1, 0.15) is 15.2 Å². The Morgan fingerprint density at radius 2 is 2.18 bits per heavy atom. The Morgan fingerprint density at radius 1 is 1.41 bits per heavy atom. The topological polar surface area (TPSA) is 55.1 Å². The Morgan fingerprint density at radius 3 is 2.76 bits per heavy atom. The molecule has 17 heavy (non-hydrogen) atoms. The third kappa shape index (κ3) is 2.60. The number of benzene rings is 1. The van der Waals surface area contributed by atoms with Crippen molar-refractivity contribution in [1.29, 1.82) is 0 Å². The zero-order valence-electron chi connectivity index (χ0n) is 9.16. The van der Waals surface area contributed by atoms with E-state index in [2.05, 4.69) is 5.32 Å². The van der Waals surface area contributed by atoms with Gasteiger partial charge in [0, 0.05) is 0 Å². The lowest BCUT2D eigenvalue weighted by molar-refractivity contribution is 0.103. The molecule has 0 atom stereocenters. The number of halogens is 1. The summed E-state index contributed by atoms with van der Waals surface area (Å²) in [5.41, 5.74) is 8.02. The van der Waals surface area contributed by atoms with Crippen LogP contribution in [0.15, 0.2) is 29.6 Å². The molecule has 2 rings (SSSR count). The van der Waals surface area contributed by atoms with Crippen LogP contribution in [0.3, 0.4) is 0 Å². The molecule has 0 fully saturated rings. The minimum atomic E-state index is -0.236. The summed E-state index contributed by atoms with van der Waals surface area (Å²) in [5.74, 6) is -0.236. The van der Waals surface area contributed by atoms with E-state index in [1.54, 1.807) is 17.5 Å². The number of carbonyl (C=O) groups excluding carboxylic acids is 1. The van der Waals surface area contributed by atoms with Gasteiger partial charge < -0.3 is 11.1 Å². The van der Waals surface area contributed by atoms with Crippen LogP contribution in [0.5, 0.6) is 0 Å². The molecule has 1 amide bonds. The van der Waals surface area contributed by atoms with Gasteiger partial charge in [-0.25, -0.2) is 0 Å². The average molecular weight is 267 g/mol. The Hall–Kier alpha value is -1.52. The first-order valence-electron chi connectivity index (χ1n) is 4.98. The van der Waals surface area contributed by atoms with E-state index in [0.29, 0.717) is 21.3 Å². The summed E-state index contributed by atoms with van der Waals surface area (Å²) >= 11 is 7.19. The molecule has 3 N–H and O–H groups in total. The highest BCUT2D eigenvalue weighted by atomic mass is 35.5. The van der Waals surface area contributed by atoms with Crippen molar-refractivity contribution in [2.24, 2.45) is 0 Å². The van der Waals surface area contributed by atoms with Gasteiger partial charge >= 0.3 is 0 Å². The van der Waals surface area contributed by atoms with Gasteiger partial charge in [0.05, 0.1) is 16.4 Å². The molecule has 1 aromatic carbocycles. The zero-order valence-corrected chi connectivity index (χ0v) is 10.7. The van der Waals surface area contributed by atoms with Gasteiger partial charge in [-0.2, -0.15) is 0 Å². The smallest absolute Gasteiger partial charge is 0.267 e. The normalized spacial score (nSPS) is 10.2. The molecule has 0 aliphatic rings. The Labute approximate surface area is 108 Å². The van der Waals surface area contributed by atoms with E-state index in [9.17, 15) is 4.79 Å². The maximum atomic E-state index is 11.9. The number of nitrogens with two attached hydrogens (primary N) is 1. The standard InChI is InChI=1S/C12H11ClN2OS/c1-7-2-3-10(9(14)6-7)15-12(16)11-8(13)4-5-17-11/h2-6H,14H2,1H3,(H,15,16). The summed E-state index contributed by atoms with van der Waals surface area (Å²) in [6.07, 6.45) is 0. The Bertz CT molecular complexity index is 565. The monoisotopic (exact) mass is 266 g/mol. The number of nitrogens with one attached hydrogen (secondary N) is 1. The molecule has 0 aliphatic heterocycles. The van der Waals surface area contributed by atoms with E-state index in [1.165, 1.54) is 11.3 Å². The predicted molar refractivity (Wildman–Crippen MR) is 72.9 cm³/mol. The van der Waals surface area contributed by atoms with Crippen LogP contribution in [-0.2, 0) is 0 Å². The first kappa shape index (κ1) is 12.0. The molecule has 0 saturated carbocycles. The molecule has 0 spiro atoms. The molecule has 1 aromatic heterocycles. The van der Waals surface area contributed by atoms with Gasteiger partial charge in [-0.1, -0.05) is 17.7 Å². The van der Waals surface area contributed by atoms with E-state index in [0.717, 1.165) is 5.56 Å². The van der Waals surface area contributed by atoms with Gasteiger partial charge in [-0.15, -0.1) is 11.3 Å². The molecule has 3 nitrogen and oxygen atoms in total. The van der Waals surface area contributed by atoms with Crippen molar-refractivity contribution >= 4 is 40.2 Å². The summed E-state index contributed by atoms with van der Waals surface area (Å²) in [6, 6.07) is 7.18. The number of rotatable bonds is 2. The first-order chi connectivity index (χ1) is 8.08. The van der Waals surface area contributed by atoms with Crippen LogP contribution >= 0.6 is 22.9 Å². The SMILES string of the molecule is Cc1ccc(NC(=O)c2sccc2Cl)c(N)c1. The highest BCUT2D eigenvalue weighted by Crippen LogP contribution is 2.25. The summed E-state index contributed by atoms with van der Waals surface area (Å²) in [5, 5.41) is 4.97. The summed E-state index contributed by atoms with van der Waals surface area (Å²) < 4.78 is 0. The van der Waals surface area contributed by atoms with Gasteiger partial charge in [-0.3, -0.25) is 4.79 Å². The maximum Gasteiger partial charge on any atom is 0.267 e. The fourth-order valence-corrected chi connectivity index (χ4v) is 2.47. The highest BCUT2D eigenvalue weighted by Gasteiger charge is 2.12. The third-order valence-electron chi connectivity index (χ3n) is 2.28. The first-order valence-corrected chi connectivity index (χ1v) is 6.24. The molecule has 0 aliphatic carbocycles. The second-order valence-electron chi connectivity index (χ2n) is 3.64. The lowest BCUT2D eigenvalue weighted by atomic mass is 10.2. The number of aryl methyl sites for hydroxylation is 1. The van der Waals surface area contributed by atoms with Gasteiger partial charge in [0.15, 0.2) is 0 Å². The molecule has 5 heteroatoms. The molecule has 0 unspecified atom stereocenters. The number of carbonyl (C=O) groups is 1. The summed E-state index contributed by atoms with van der Waals surface area (Å²) in [7, 11) is 0. The van der Waals surface area contributed by atoms with E-state index in [4.69, 9.17) is 17.3 Å². The largest absolute Gasteiger partial charge is 0.397 e. The highest BCUT2D eigenvalue weighted by molar-refractivity contribution is 7.12. The lowest BCUT2D eigenvalue weighted by Gasteiger charge is -2.08. The number of nitrogen functional groups attached to an aromatic ring is 1. The van der Waals surface area contributed by atoms with E-state index >= 15 is 0 Å². The van der Waals surface area contributed by atoms with Crippen molar-refractivity contribution in [1.82, 2.24) is 0 Å². The maximum absolute atomic E-state index is 11.9. The molecule has 88 valence electrons. The van der Waals surface area contributed by atoms with Crippen LogP contribution in [0, 0.1) is 6.92 Å². The molecular weight excluding hydrogens is 256 g/mol. The molecule has 1 heterocycles. The second kappa shape index (κ2) is 4.77. The van der Waals surface area contributed by atoms with Crippen LogP contribution in [0.4, 0.5) is 11.4 Å². The minimum absolute atomic E-state index is 0.236. The summed E-state index contributed by atoms with van der Waals surface area (Å²) in [4.78, 5) is 12.4. The van der Waals surface area contributed by atoms with Crippen molar-refractivity contribution in [3.8, 4) is 0 Å². The Balaban J connectivity index is 2.22. The van der Waals surface area contributed by atoms with Crippen molar-refractivity contribution < 1.29 is 4.79 Å². The molecule has 0 radical (unpaired) electrons.